The second kappa shape index (κ2) is 8.51. The van der Waals surface area contributed by atoms with Crippen molar-refractivity contribution >= 4 is 27.7 Å². The molecule has 0 radical (unpaired) electrons. The van der Waals surface area contributed by atoms with Crippen molar-refractivity contribution in [3.63, 3.8) is 0 Å². The molecule has 0 aliphatic carbocycles. The van der Waals surface area contributed by atoms with E-state index in [1.165, 1.54) is 24.4 Å². The number of carbonyl (C=O) groups is 1. The summed E-state index contributed by atoms with van der Waals surface area (Å²) in [5.41, 5.74) is 1.56. The molecule has 1 heterocycles. The molecule has 2 rings (SSSR count). The molecule has 0 saturated carbocycles. The zero-order valence-electron chi connectivity index (χ0n) is 16.4. The molecule has 1 aromatic carbocycles. The van der Waals surface area contributed by atoms with Crippen LogP contribution in [-0.4, -0.2) is 31.5 Å². The highest BCUT2D eigenvalue weighted by atomic mass is 32.2. The number of nitrogens with one attached hydrogen (secondary N) is 3. The number of rotatable bonds is 6. The number of halogens is 1. The van der Waals surface area contributed by atoms with Gasteiger partial charge in [-0.3, -0.25) is 0 Å². The zero-order chi connectivity index (χ0) is 21.1. The van der Waals surface area contributed by atoms with Crippen LogP contribution in [0, 0.1) is 5.82 Å². The lowest BCUT2D eigenvalue weighted by molar-refractivity contribution is 0.256. The van der Waals surface area contributed by atoms with Crippen LogP contribution in [-0.2, 0) is 10.0 Å². The van der Waals surface area contributed by atoms with Crippen molar-refractivity contribution in [2.75, 3.05) is 17.7 Å². The minimum atomic E-state index is -4.21. The molecule has 0 unspecified atom stereocenters. The van der Waals surface area contributed by atoms with Crippen molar-refractivity contribution in [2.45, 2.75) is 44.6 Å². The van der Waals surface area contributed by atoms with E-state index < -0.39 is 21.9 Å². The van der Waals surface area contributed by atoms with Gasteiger partial charge in [0.1, 0.15) is 5.82 Å². The highest BCUT2D eigenvalue weighted by Crippen LogP contribution is 2.33. The molecule has 0 aliphatic heterocycles. The number of anilines is 2. The topological polar surface area (TPSA) is 113 Å². The average molecular weight is 409 g/mol. The first-order valence-corrected chi connectivity index (χ1v) is 10.2. The molecule has 152 valence electrons. The first kappa shape index (κ1) is 21.5. The largest absolute Gasteiger partial charge is 0.357 e. The Bertz CT molecular complexity index is 948. The van der Waals surface area contributed by atoms with Gasteiger partial charge in [-0.25, -0.2) is 18.9 Å². The molecular formula is C18H24FN5O3S. The molecular weight excluding hydrogens is 385 g/mol. The number of sulfonamides is 1. The van der Waals surface area contributed by atoms with E-state index in [1.54, 1.807) is 7.05 Å². The lowest BCUT2D eigenvalue weighted by atomic mass is 9.92. The van der Waals surface area contributed by atoms with Crippen LogP contribution in [0.4, 0.5) is 20.8 Å². The van der Waals surface area contributed by atoms with Crippen molar-refractivity contribution in [1.29, 1.82) is 0 Å². The fourth-order valence-corrected chi connectivity index (χ4v) is 3.48. The van der Waals surface area contributed by atoms with E-state index in [0.717, 1.165) is 0 Å². The third-order valence-electron chi connectivity index (χ3n) is 4.00. The van der Waals surface area contributed by atoms with Gasteiger partial charge in [0.05, 0.1) is 0 Å². The zero-order valence-corrected chi connectivity index (χ0v) is 17.2. The fourth-order valence-electron chi connectivity index (χ4n) is 2.63. The number of nitrogens with zero attached hydrogens (tertiary/aromatic N) is 2. The third kappa shape index (κ3) is 4.94. The second-order valence-electron chi connectivity index (χ2n) is 6.80. The summed E-state index contributed by atoms with van der Waals surface area (Å²) < 4.78 is 40.8. The number of urea groups is 1. The Morgan fingerprint density at radius 2 is 1.68 bits per heavy atom. The first-order chi connectivity index (χ1) is 13.0. The molecule has 2 amide bonds. The predicted octanol–water partition coefficient (Wildman–Crippen LogP) is 3.41. The van der Waals surface area contributed by atoms with Crippen LogP contribution in [0.15, 0.2) is 29.4 Å². The van der Waals surface area contributed by atoms with E-state index >= 15 is 0 Å². The first-order valence-electron chi connectivity index (χ1n) is 8.73. The molecule has 10 heteroatoms. The summed E-state index contributed by atoms with van der Waals surface area (Å²) >= 11 is 0. The molecule has 2 aromatic rings. The molecule has 0 atom stereocenters. The number of amides is 2. The standard InChI is InChI=1S/C18H24FN5O3S/c1-10(2)13-8-12(19)9-14(11(3)4)16(13)23-18(25)24-28(26,27)15-6-7-21-17(20-5)22-15/h6-11H,1-5H3,(H,20,21,22)(H2,23,24,25). The molecule has 0 saturated heterocycles. The van der Waals surface area contributed by atoms with Crippen LogP contribution < -0.4 is 15.4 Å². The minimum Gasteiger partial charge on any atom is -0.357 e. The molecule has 28 heavy (non-hydrogen) atoms. The molecule has 0 spiro atoms. The van der Waals surface area contributed by atoms with E-state index in [0.29, 0.717) is 16.8 Å². The molecule has 1 aromatic heterocycles. The Balaban J connectivity index is 2.34. The summed E-state index contributed by atoms with van der Waals surface area (Å²) in [5.74, 6) is -0.474. The van der Waals surface area contributed by atoms with Crippen LogP contribution in [0.2, 0.25) is 0 Å². The van der Waals surface area contributed by atoms with E-state index in [2.05, 4.69) is 20.6 Å². The Hall–Kier alpha value is -2.75. The summed E-state index contributed by atoms with van der Waals surface area (Å²) in [6, 6.07) is 2.89. The van der Waals surface area contributed by atoms with E-state index in [1.807, 2.05) is 32.4 Å². The number of hydrogen-bond acceptors (Lipinski definition) is 6. The van der Waals surface area contributed by atoms with Gasteiger partial charge in [-0.1, -0.05) is 27.7 Å². The molecule has 0 bridgehead atoms. The van der Waals surface area contributed by atoms with Gasteiger partial charge in [-0.05, 0) is 41.2 Å². The Morgan fingerprint density at radius 3 is 2.18 bits per heavy atom. The maximum absolute atomic E-state index is 14.0. The van der Waals surface area contributed by atoms with Crippen LogP contribution in [0.25, 0.3) is 0 Å². The fraction of sp³-hybridized carbons (Fsp3) is 0.389. The SMILES string of the molecule is CNc1nccc(S(=O)(=O)NC(=O)Nc2c(C(C)C)cc(F)cc2C(C)C)n1. The van der Waals surface area contributed by atoms with E-state index in [9.17, 15) is 17.6 Å². The van der Waals surface area contributed by atoms with Crippen molar-refractivity contribution in [1.82, 2.24) is 14.7 Å². The highest BCUT2D eigenvalue weighted by Gasteiger charge is 2.23. The highest BCUT2D eigenvalue weighted by molar-refractivity contribution is 7.90. The molecule has 0 fully saturated rings. The van der Waals surface area contributed by atoms with E-state index in [4.69, 9.17) is 0 Å². The summed E-state index contributed by atoms with van der Waals surface area (Å²) in [7, 11) is -2.67. The van der Waals surface area contributed by atoms with Crippen molar-refractivity contribution in [3.05, 3.63) is 41.3 Å². The maximum Gasteiger partial charge on any atom is 0.333 e. The number of benzene rings is 1. The van der Waals surface area contributed by atoms with Crippen LogP contribution in [0.1, 0.15) is 50.7 Å². The van der Waals surface area contributed by atoms with Gasteiger partial charge in [-0.15, -0.1) is 0 Å². The monoisotopic (exact) mass is 409 g/mol. The van der Waals surface area contributed by atoms with Crippen molar-refractivity contribution in [2.24, 2.45) is 0 Å². The van der Waals surface area contributed by atoms with Gasteiger partial charge in [0.25, 0.3) is 10.0 Å². The average Bonchev–Trinajstić information content (AvgIpc) is 2.62. The van der Waals surface area contributed by atoms with E-state index in [-0.39, 0.29) is 22.8 Å². The minimum absolute atomic E-state index is 0.0832. The molecule has 8 nitrogen and oxygen atoms in total. The van der Waals surface area contributed by atoms with Gasteiger partial charge in [0, 0.05) is 18.9 Å². The van der Waals surface area contributed by atoms with Gasteiger partial charge in [-0.2, -0.15) is 13.4 Å². The van der Waals surface area contributed by atoms with Gasteiger partial charge >= 0.3 is 6.03 Å². The Labute approximate surface area is 164 Å². The van der Waals surface area contributed by atoms with Crippen molar-refractivity contribution < 1.29 is 17.6 Å². The second-order valence-corrected chi connectivity index (χ2v) is 8.43. The Kier molecular flexibility index (Phi) is 6.55. The van der Waals surface area contributed by atoms with Gasteiger partial charge in [0.15, 0.2) is 5.03 Å². The third-order valence-corrected chi connectivity index (χ3v) is 5.23. The molecule has 3 N–H and O–H groups in total. The van der Waals surface area contributed by atoms with Crippen LogP contribution in [0.3, 0.4) is 0 Å². The van der Waals surface area contributed by atoms with Crippen molar-refractivity contribution in [3.8, 4) is 0 Å². The summed E-state index contributed by atoms with van der Waals surface area (Å²) in [6.45, 7) is 7.44. The van der Waals surface area contributed by atoms with Gasteiger partial charge in [0.2, 0.25) is 5.95 Å². The quantitative estimate of drug-likeness (QED) is 0.630. The predicted molar refractivity (Wildman–Crippen MR) is 105 cm³/mol. The Morgan fingerprint density at radius 1 is 1.11 bits per heavy atom. The van der Waals surface area contributed by atoms with Crippen LogP contribution >= 0.6 is 0 Å². The lowest BCUT2D eigenvalue weighted by Gasteiger charge is -2.20. The maximum atomic E-state index is 14.0. The summed E-state index contributed by atoms with van der Waals surface area (Å²) in [5, 5.41) is 4.84. The lowest BCUT2D eigenvalue weighted by Crippen LogP contribution is -2.35. The molecule has 0 aliphatic rings. The summed E-state index contributed by atoms with van der Waals surface area (Å²) in [6.07, 6.45) is 1.26. The smallest absolute Gasteiger partial charge is 0.333 e. The van der Waals surface area contributed by atoms with Gasteiger partial charge < -0.3 is 10.6 Å². The number of hydrogen-bond donors (Lipinski definition) is 3. The van der Waals surface area contributed by atoms with Crippen LogP contribution in [0.5, 0.6) is 0 Å². The summed E-state index contributed by atoms with van der Waals surface area (Å²) in [4.78, 5) is 20.1. The number of aromatic nitrogens is 2. The normalized spacial score (nSPS) is 11.6. The number of carbonyl (C=O) groups excluding carboxylic acids is 1.